The number of carbonyl (C=O) groups is 2. The summed E-state index contributed by atoms with van der Waals surface area (Å²) < 4.78 is 40.0. The predicted octanol–water partition coefficient (Wildman–Crippen LogP) is 5.22. The molecule has 3 N–H and O–H groups in total. The van der Waals surface area contributed by atoms with E-state index in [9.17, 15) is 22.8 Å². The number of halogens is 3. The average Bonchev–Trinajstić information content (AvgIpc) is 2.89. The molecule has 188 valence electrons. The Hall–Kier alpha value is -4.80. The first kappa shape index (κ1) is 25.3. The highest BCUT2D eigenvalue weighted by Gasteiger charge is 2.32. The van der Waals surface area contributed by atoms with Gasteiger partial charge in [-0.2, -0.15) is 13.2 Å². The number of alkyl halides is 3. The summed E-state index contributed by atoms with van der Waals surface area (Å²) in [5, 5.41) is 7.80. The van der Waals surface area contributed by atoms with Gasteiger partial charge in [0.2, 0.25) is 5.95 Å². The Balaban J connectivity index is 1.59. The minimum atomic E-state index is -4.70. The number of rotatable bonds is 6. The fraction of sp³-hybridized carbons (Fsp3) is 0.115. The first-order chi connectivity index (χ1) is 17.6. The van der Waals surface area contributed by atoms with Gasteiger partial charge >= 0.3 is 6.18 Å². The van der Waals surface area contributed by atoms with Gasteiger partial charge in [-0.15, -0.1) is 0 Å². The number of hydrogen-bond donors (Lipinski definition) is 3. The van der Waals surface area contributed by atoms with E-state index in [4.69, 9.17) is 0 Å². The van der Waals surface area contributed by atoms with E-state index in [1.807, 2.05) is 13.0 Å². The van der Waals surface area contributed by atoms with Crippen molar-refractivity contribution in [3.05, 3.63) is 95.4 Å². The molecule has 0 unspecified atom stereocenters. The van der Waals surface area contributed by atoms with Crippen molar-refractivity contribution < 1.29 is 22.8 Å². The summed E-state index contributed by atoms with van der Waals surface area (Å²) in [5.74, 6) is -1.08. The van der Waals surface area contributed by atoms with E-state index in [0.29, 0.717) is 11.4 Å². The van der Waals surface area contributed by atoms with Crippen molar-refractivity contribution in [2.45, 2.75) is 13.1 Å². The molecule has 0 atom stereocenters. The Morgan fingerprint density at radius 1 is 0.919 bits per heavy atom. The Morgan fingerprint density at radius 2 is 1.73 bits per heavy atom. The van der Waals surface area contributed by atoms with Crippen LogP contribution in [-0.2, 0) is 6.18 Å². The van der Waals surface area contributed by atoms with Gasteiger partial charge in [-0.3, -0.25) is 14.6 Å². The van der Waals surface area contributed by atoms with Crippen molar-refractivity contribution in [2.24, 2.45) is 0 Å². The van der Waals surface area contributed by atoms with Gasteiger partial charge in [-0.1, -0.05) is 6.07 Å². The van der Waals surface area contributed by atoms with Crippen molar-refractivity contribution in [3.63, 3.8) is 0 Å². The molecule has 0 aliphatic heterocycles. The molecule has 2 amide bonds. The molecule has 0 bridgehead atoms. The maximum atomic E-state index is 13.3. The highest BCUT2D eigenvalue weighted by atomic mass is 19.4. The summed E-state index contributed by atoms with van der Waals surface area (Å²) in [7, 11) is 1.30. The normalized spacial score (nSPS) is 11.1. The molecule has 8 nitrogen and oxygen atoms in total. The number of aromatic nitrogens is 3. The van der Waals surface area contributed by atoms with E-state index < -0.39 is 23.6 Å². The Kier molecular flexibility index (Phi) is 7.14. The molecule has 0 saturated heterocycles. The first-order valence-corrected chi connectivity index (χ1v) is 11.0. The second-order valence-corrected chi connectivity index (χ2v) is 7.99. The van der Waals surface area contributed by atoms with Crippen LogP contribution in [0.2, 0.25) is 0 Å². The highest BCUT2D eigenvalue weighted by Crippen LogP contribution is 2.32. The lowest BCUT2D eigenvalue weighted by Crippen LogP contribution is -2.20. The highest BCUT2D eigenvalue weighted by molar-refractivity contribution is 6.06. The fourth-order valence-electron chi connectivity index (χ4n) is 3.45. The molecular weight excluding hydrogens is 485 g/mol. The van der Waals surface area contributed by atoms with Gasteiger partial charge in [0.1, 0.15) is 0 Å². The minimum Gasteiger partial charge on any atom is -0.355 e. The van der Waals surface area contributed by atoms with Gasteiger partial charge < -0.3 is 16.0 Å². The molecule has 0 aliphatic carbocycles. The summed E-state index contributed by atoms with van der Waals surface area (Å²) in [6.45, 7) is 1.82. The first-order valence-electron chi connectivity index (χ1n) is 11.0. The molecule has 4 rings (SSSR count). The zero-order valence-electron chi connectivity index (χ0n) is 19.7. The van der Waals surface area contributed by atoms with Crippen molar-refractivity contribution in [1.29, 1.82) is 0 Å². The Morgan fingerprint density at radius 3 is 2.43 bits per heavy atom. The van der Waals surface area contributed by atoms with Crippen LogP contribution in [0.4, 0.5) is 30.5 Å². The summed E-state index contributed by atoms with van der Waals surface area (Å²) >= 11 is 0. The van der Waals surface area contributed by atoms with Gasteiger partial charge in [-0.25, -0.2) is 9.97 Å². The van der Waals surface area contributed by atoms with Gasteiger partial charge in [0.25, 0.3) is 11.8 Å². The van der Waals surface area contributed by atoms with E-state index in [0.717, 1.165) is 23.3 Å². The number of amides is 2. The van der Waals surface area contributed by atoms with E-state index in [1.54, 1.807) is 36.8 Å². The second-order valence-electron chi connectivity index (χ2n) is 7.99. The molecular formula is C26H21F3N6O2. The summed E-state index contributed by atoms with van der Waals surface area (Å²) in [6.07, 6.45) is 0.212. The third-order valence-electron chi connectivity index (χ3n) is 5.37. The molecule has 37 heavy (non-hydrogen) atoms. The standard InChI is InChI=1S/C26H21F3N6O2/c1-15-5-6-16(12-22(15)35-25-32-9-7-21(34-25)17-4-3-8-31-14-17)24(37)33-20-11-18(23(36)30-2)10-19(13-20)26(27,28)29/h3-14H,1-2H3,(H,30,36)(H,33,37)(H,32,34,35). The molecule has 0 saturated carbocycles. The van der Waals surface area contributed by atoms with E-state index >= 15 is 0 Å². The van der Waals surface area contributed by atoms with E-state index in [2.05, 4.69) is 30.9 Å². The fourth-order valence-corrected chi connectivity index (χ4v) is 3.45. The van der Waals surface area contributed by atoms with Crippen LogP contribution in [0.5, 0.6) is 0 Å². The second kappa shape index (κ2) is 10.4. The van der Waals surface area contributed by atoms with Crippen LogP contribution in [-0.4, -0.2) is 33.8 Å². The monoisotopic (exact) mass is 506 g/mol. The van der Waals surface area contributed by atoms with Crippen molar-refractivity contribution in [3.8, 4) is 11.3 Å². The van der Waals surface area contributed by atoms with Crippen LogP contribution >= 0.6 is 0 Å². The molecule has 4 aromatic rings. The lowest BCUT2D eigenvalue weighted by Gasteiger charge is -2.14. The number of hydrogen-bond acceptors (Lipinski definition) is 6. The summed E-state index contributed by atoms with van der Waals surface area (Å²) in [4.78, 5) is 37.7. The number of anilines is 3. The number of carbonyl (C=O) groups excluding carboxylic acids is 2. The summed E-state index contributed by atoms with van der Waals surface area (Å²) in [6, 6.07) is 12.8. The van der Waals surface area contributed by atoms with E-state index in [-0.39, 0.29) is 22.8 Å². The Bertz CT molecular complexity index is 1460. The van der Waals surface area contributed by atoms with Crippen LogP contribution in [0.25, 0.3) is 11.3 Å². The zero-order valence-corrected chi connectivity index (χ0v) is 19.7. The zero-order chi connectivity index (χ0) is 26.6. The molecule has 0 radical (unpaired) electrons. The Labute approximate surface area is 210 Å². The van der Waals surface area contributed by atoms with Gasteiger partial charge in [0.15, 0.2) is 0 Å². The van der Waals surface area contributed by atoms with E-state index in [1.165, 1.54) is 25.2 Å². The summed E-state index contributed by atoms with van der Waals surface area (Å²) in [5.41, 5.74) is 1.49. The van der Waals surface area contributed by atoms with Crippen LogP contribution in [0, 0.1) is 6.92 Å². The molecule has 0 spiro atoms. The average molecular weight is 506 g/mol. The molecule has 2 aromatic heterocycles. The smallest absolute Gasteiger partial charge is 0.355 e. The number of nitrogens with one attached hydrogen (secondary N) is 3. The van der Waals surface area contributed by atoms with Crippen molar-refractivity contribution in [2.75, 3.05) is 17.7 Å². The maximum Gasteiger partial charge on any atom is 0.416 e. The number of aryl methyl sites for hydroxylation is 1. The number of nitrogens with zero attached hydrogens (tertiary/aromatic N) is 3. The van der Waals surface area contributed by atoms with Crippen LogP contribution < -0.4 is 16.0 Å². The largest absolute Gasteiger partial charge is 0.416 e. The SMILES string of the molecule is CNC(=O)c1cc(NC(=O)c2ccc(C)c(Nc3nccc(-c4cccnc4)n3)c2)cc(C(F)(F)F)c1. The van der Waals surface area contributed by atoms with Crippen LogP contribution in [0.15, 0.2) is 73.2 Å². The van der Waals surface area contributed by atoms with Gasteiger partial charge in [-0.05, 0) is 61.0 Å². The van der Waals surface area contributed by atoms with Crippen LogP contribution in [0.3, 0.4) is 0 Å². The maximum absolute atomic E-state index is 13.3. The van der Waals surface area contributed by atoms with Crippen molar-refractivity contribution in [1.82, 2.24) is 20.3 Å². The molecule has 2 heterocycles. The van der Waals surface area contributed by atoms with Gasteiger partial charge in [0.05, 0.1) is 11.3 Å². The third kappa shape index (κ3) is 6.07. The lowest BCUT2D eigenvalue weighted by molar-refractivity contribution is -0.137. The number of pyridine rings is 1. The molecule has 0 fully saturated rings. The molecule has 0 aliphatic rings. The predicted molar refractivity (Wildman–Crippen MR) is 133 cm³/mol. The van der Waals surface area contributed by atoms with Crippen LogP contribution in [0.1, 0.15) is 31.8 Å². The molecule has 2 aromatic carbocycles. The lowest BCUT2D eigenvalue weighted by atomic mass is 10.1. The quantitative estimate of drug-likeness (QED) is 0.331. The van der Waals surface area contributed by atoms with Gasteiger partial charge in [0, 0.05) is 53.7 Å². The van der Waals surface area contributed by atoms with Crippen molar-refractivity contribution >= 4 is 29.1 Å². The molecule has 11 heteroatoms. The minimum absolute atomic E-state index is 0.166. The third-order valence-corrected chi connectivity index (χ3v) is 5.37. The topological polar surface area (TPSA) is 109 Å². The number of benzene rings is 2.